The minimum Gasteiger partial charge on any atom is -0.348 e. The Kier molecular flexibility index (Phi) is 4.69. The molecular weight excluding hydrogens is 250 g/mol. The Hall–Kier alpha value is -1.94. The van der Waals surface area contributed by atoms with Crippen LogP contribution in [0.15, 0.2) is 36.5 Å². The highest BCUT2D eigenvalue weighted by Gasteiger charge is 2.16. The highest BCUT2D eigenvalue weighted by molar-refractivity contribution is 6.05. The molecule has 0 aliphatic carbocycles. The molecule has 0 spiro atoms. The molecule has 3 N–H and O–H groups in total. The number of aromatic nitrogens is 1. The summed E-state index contributed by atoms with van der Waals surface area (Å²) in [4.78, 5) is 16.7. The molecule has 0 bridgehead atoms. The van der Waals surface area contributed by atoms with Crippen molar-refractivity contribution >= 4 is 16.8 Å². The Labute approximate surface area is 119 Å². The van der Waals surface area contributed by atoms with Crippen molar-refractivity contribution in [2.75, 3.05) is 6.54 Å². The van der Waals surface area contributed by atoms with E-state index in [0.29, 0.717) is 18.0 Å². The molecule has 4 heteroatoms. The predicted octanol–water partition coefficient (Wildman–Crippen LogP) is 2.34. The van der Waals surface area contributed by atoms with Crippen molar-refractivity contribution in [2.24, 2.45) is 11.7 Å². The topological polar surface area (TPSA) is 68.0 Å². The van der Waals surface area contributed by atoms with Gasteiger partial charge in [0.05, 0.1) is 11.1 Å². The number of amides is 1. The fourth-order valence-electron chi connectivity index (χ4n) is 2.33. The van der Waals surface area contributed by atoms with Gasteiger partial charge in [0.25, 0.3) is 5.91 Å². The quantitative estimate of drug-likeness (QED) is 0.877. The van der Waals surface area contributed by atoms with Crippen LogP contribution >= 0.6 is 0 Å². The zero-order valence-corrected chi connectivity index (χ0v) is 12.0. The number of pyridine rings is 1. The van der Waals surface area contributed by atoms with Crippen molar-refractivity contribution in [2.45, 2.75) is 26.3 Å². The lowest BCUT2D eigenvalue weighted by Crippen LogP contribution is -2.41. The molecule has 0 saturated heterocycles. The number of carbonyl (C=O) groups is 1. The molecule has 1 atom stereocenters. The third-order valence-electron chi connectivity index (χ3n) is 3.25. The van der Waals surface area contributed by atoms with Gasteiger partial charge >= 0.3 is 0 Å². The summed E-state index contributed by atoms with van der Waals surface area (Å²) in [6, 6.07) is 9.45. The lowest BCUT2D eigenvalue weighted by Gasteiger charge is -2.19. The molecule has 0 aliphatic rings. The molecule has 0 saturated carbocycles. The average Bonchev–Trinajstić information content (AvgIpc) is 2.45. The molecule has 2 aromatic rings. The molecule has 0 aliphatic heterocycles. The van der Waals surface area contributed by atoms with Crippen LogP contribution in [0.5, 0.6) is 0 Å². The maximum absolute atomic E-state index is 12.4. The molecule has 0 radical (unpaired) electrons. The summed E-state index contributed by atoms with van der Waals surface area (Å²) in [5.74, 6) is 0.389. The Morgan fingerprint density at radius 2 is 2.05 bits per heavy atom. The van der Waals surface area contributed by atoms with Crippen molar-refractivity contribution in [1.82, 2.24) is 10.3 Å². The second-order valence-corrected chi connectivity index (χ2v) is 5.42. The third-order valence-corrected chi connectivity index (χ3v) is 3.25. The monoisotopic (exact) mass is 271 g/mol. The van der Waals surface area contributed by atoms with Gasteiger partial charge in [0, 0.05) is 24.2 Å². The number of hydrogen-bond donors (Lipinski definition) is 2. The fourth-order valence-corrected chi connectivity index (χ4v) is 2.33. The summed E-state index contributed by atoms with van der Waals surface area (Å²) in [6.07, 6.45) is 2.58. The minimum atomic E-state index is -0.106. The molecule has 1 heterocycles. The molecule has 0 fully saturated rings. The Morgan fingerprint density at radius 1 is 1.30 bits per heavy atom. The van der Waals surface area contributed by atoms with E-state index in [1.807, 2.05) is 24.3 Å². The second-order valence-electron chi connectivity index (χ2n) is 5.42. The fraction of sp³-hybridized carbons (Fsp3) is 0.375. The minimum absolute atomic E-state index is 0.00136. The molecule has 20 heavy (non-hydrogen) atoms. The van der Waals surface area contributed by atoms with Crippen molar-refractivity contribution in [1.29, 1.82) is 0 Å². The molecule has 2 rings (SSSR count). The van der Waals surface area contributed by atoms with Crippen molar-refractivity contribution in [3.05, 3.63) is 42.1 Å². The van der Waals surface area contributed by atoms with E-state index in [0.717, 1.165) is 17.3 Å². The van der Waals surface area contributed by atoms with Crippen LogP contribution < -0.4 is 11.1 Å². The summed E-state index contributed by atoms with van der Waals surface area (Å²) in [5, 5.41) is 3.97. The van der Waals surface area contributed by atoms with Crippen LogP contribution in [0.1, 0.15) is 30.6 Å². The summed E-state index contributed by atoms with van der Waals surface area (Å²) in [7, 11) is 0. The number of fused-ring (bicyclic) bond motifs is 1. The zero-order valence-electron chi connectivity index (χ0n) is 12.0. The Bertz CT molecular complexity index is 590. The lowest BCUT2D eigenvalue weighted by atomic mass is 10.0. The number of nitrogens with one attached hydrogen (secondary N) is 1. The van der Waals surface area contributed by atoms with Crippen LogP contribution in [0.2, 0.25) is 0 Å². The molecule has 4 nitrogen and oxygen atoms in total. The summed E-state index contributed by atoms with van der Waals surface area (Å²) in [6.45, 7) is 4.69. The van der Waals surface area contributed by atoms with E-state index in [4.69, 9.17) is 5.73 Å². The van der Waals surface area contributed by atoms with Crippen molar-refractivity contribution < 1.29 is 4.79 Å². The van der Waals surface area contributed by atoms with E-state index < -0.39 is 0 Å². The van der Waals surface area contributed by atoms with Gasteiger partial charge in [-0.2, -0.15) is 0 Å². The summed E-state index contributed by atoms with van der Waals surface area (Å²) >= 11 is 0. The lowest BCUT2D eigenvalue weighted by molar-refractivity contribution is 0.0935. The van der Waals surface area contributed by atoms with Gasteiger partial charge < -0.3 is 11.1 Å². The van der Waals surface area contributed by atoms with Crippen LogP contribution in [-0.2, 0) is 0 Å². The number of rotatable bonds is 5. The SMILES string of the molecule is CC(C)CC(CN)NC(=O)c1cccc2cccnc12. The molecular formula is C16H21N3O. The van der Waals surface area contributed by atoms with Gasteiger partial charge in [0.15, 0.2) is 0 Å². The molecule has 1 unspecified atom stereocenters. The molecule has 1 aromatic heterocycles. The van der Waals surface area contributed by atoms with Crippen LogP contribution in [0.25, 0.3) is 10.9 Å². The van der Waals surface area contributed by atoms with E-state index in [1.165, 1.54) is 0 Å². The maximum atomic E-state index is 12.4. The van der Waals surface area contributed by atoms with Gasteiger partial charge in [-0.3, -0.25) is 9.78 Å². The Morgan fingerprint density at radius 3 is 2.75 bits per heavy atom. The normalized spacial score (nSPS) is 12.6. The standard InChI is InChI=1S/C16H21N3O/c1-11(2)9-13(10-17)19-16(20)14-7-3-5-12-6-4-8-18-15(12)14/h3-8,11,13H,9-10,17H2,1-2H3,(H,19,20). The van der Waals surface area contributed by atoms with Gasteiger partial charge in [-0.05, 0) is 24.5 Å². The number of carbonyl (C=O) groups excluding carboxylic acids is 1. The summed E-state index contributed by atoms with van der Waals surface area (Å²) < 4.78 is 0. The largest absolute Gasteiger partial charge is 0.348 e. The number of para-hydroxylation sites is 1. The Balaban J connectivity index is 2.23. The van der Waals surface area contributed by atoms with Gasteiger partial charge in [0.1, 0.15) is 0 Å². The van der Waals surface area contributed by atoms with Crippen LogP contribution in [-0.4, -0.2) is 23.5 Å². The van der Waals surface area contributed by atoms with Gasteiger partial charge in [-0.1, -0.05) is 32.0 Å². The highest BCUT2D eigenvalue weighted by atomic mass is 16.1. The predicted molar refractivity (Wildman–Crippen MR) is 81.5 cm³/mol. The van der Waals surface area contributed by atoms with Gasteiger partial charge in [0.2, 0.25) is 0 Å². The number of nitrogens with two attached hydrogens (primary N) is 1. The molecule has 1 aromatic carbocycles. The van der Waals surface area contributed by atoms with Gasteiger partial charge in [-0.15, -0.1) is 0 Å². The number of benzene rings is 1. The highest BCUT2D eigenvalue weighted by Crippen LogP contribution is 2.16. The van der Waals surface area contributed by atoms with Crippen molar-refractivity contribution in [3.8, 4) is 0 Å². The number of nitrogens with zero attached hydrogens (tertiary/aromatic N) is 1. The smallest absolute Gasteiger partial charge is 0.253 e. The first-order chi connectivity index (χ1) is 9.61. The molecule has 106 valence electrons. The second kappa shape index (κ2) is 6.48. The first-order valence-corrected chi connectivity index (χ1v) is 6.96. The van der Waals surface area contributed by atoms with E-state index in [-0.39, 0.29) is 11.9 Å². The average molecular weight is 271 g/mol. The molecule has 1 amide bonds. The van der Waals surface area contributed by atoms with Crippen LogP contribution in [0.4, 0.5) is 0 Å². The van der Waals surface area contributed by atoms with Crippen LogP contribution in [0, 0.1) is 5.92 Å². The first-order valence-electron chi connectivity index (χ1n) is 6.96. The number of hydrogen-bond acceptors (Lipinski definition) is 3. The van der Waals surface area contributed by atoms with Crippen molar-refractivity contribution in [3.63, 3.8) is 0 Å². The third kappa shape index (κ3) is 3.33. The summed E-state index contributed by atoms with van der Waals surface area (Å²) in [5.41, 5.74) is 7.06. The van der Waals surface area contributed by atoms with Crippen LogP contribution in [0.3, 0.4) is 0 Å². The first kappa shape index (κ1) is 14.5. The maximum Gasteiger partial charge on any atom is 0.253 e. The van der Waals surface area contributed by atoms with E-state index in [2.05, 4.69) is 24.1 Å². The van der Waals surface area contributed by atoms with E-state index in [9.17, 15) is 4.79 Å². The van der Waals surface area contributed by atoms with E-state index in [1.54, 1.807) is 12.3 Å². The van der Waals surface area contributed by atoms with E-state index >= 15 is 0 Å². The zero-order chi connectivity index (χ0) is 14.5. The van der Waals surface area contributed by atoms with Gasteiger partial charge in [-0.25, -0.2) is 0 Å².